The smallest absolute Gasteiger partial charge is 0.230 e. The lowest BCUT2D eigenvalue weighted by molar-refractivity contribution is -0.118. The highest BCUT2D eigenvalue weighted by Gasteiger charge is 2.16. The van der Waals surface area contributed by atoms with Gasteiger partial charge in [0.2, 0.25) is 11.8 Å². The molecule has 132 valence electrons. The van der Waals surface area contributed by atoms with E-state index < -0.39 is 0 Å². The van der Waals surface area contributed by atoms with Crippen molar-refractivity contribution in [3.63, 3.8) is 0 Å². The van der Waals surface area contributed by atoms with Gasteiger partial charge < -0.3 is 10.6 Å². The van der Waals surface area contributed by atoms with Crippen LogP contribution in [0.5, 0.6) is 0 Å². The summed E-state index contributed by atoms with van der Waals surface area (Å²) in [6, 6.07) is 9.71. The summed E-state index contributed by atoms with van der Waals surface area (Å²) in [4.78, 5) is 28.3. The number of anilines is 1. The Bertz CT molecular complexity index is 729. The molecule has 5 nitrogen and oxygen atoms in total. The highest BCUT2D eigenvalue weighted by molar-refractivity contribution is 8.01. The van der Waals surface area contributed by atoms with Crippen LogP contribution in [0, 0.1) is 0 Å². The minimum atomic E-state index is -0.0714. The third-order valence-electron chi connectivity index (χ3n) is 3.16. The normalized spacial score (nSPS) is 10.3. The van der Waals surface area contributed by atoms with Crippen LogP contribution >= 0.6 is 23.1 Å². The maximum Gasteiger partial charge on any atom is 0.230 e. The van der Waals surface area contributed by atoms with Crippen molar-refractivity contribution in [2.24, 2.45) is 0 Å². The van der Waals surface area contributed by atoms with Crippen molar-refractivity contribution in [3.05, 3.63) is 43.0 Å². The van der Waals surface area contributed by atoms with Crippen molar-refractivity contribution in [1.29, 1.82) is 0 Å². The van der Waals surface area contributed by atoms with Crippen molar-refractivity contribution in [3.8, 4) is 11.3 Å². The Morgan fingerprint density at radius 1 is 1.28 bits per heavy atom. The highest BCUT2D eigenvalue weighted by Crippen LogP contribution is 2.37. The number of carbonyl (C=O) groups is 2. The van der Waals surface area contributed by atoms with Gasteiger partial charge in [0.25, 0.3) is 0 Å². The lowest BCUT2D eigenvalue weighted by Crippen LogP contribution is -2.24. The first-order chi connectivity index (χ1) is 12.1. The maximum absolute atomic E-state index is 12.0. The molecule has 0 aliphatic carbocycles. The van der Waals surface area contributed by atoms with Crippen LogP contribution in [0.1, 0.15) is 19.8 Å². The first-order valence-corrected chi connectivity index (χ1v) is 9.80. The molecule has 1 aromatic heterocycles. The lowest BCUT2D eigenvalue weighted by Gasteiger charge is -2.04. The van der Waals surface area contributed by atoms with Crippen molar-refractivity contribution < 1.29 is 9.59 Å². The zero-order valence-corrected chi connectivity index (χ0v) is 15.7. The van der Waals surface area contributed by atoms with Gasteiger partial charge in [0.05, 0.1) is 5.75 Å². The predicted octanol–water partition coefficient (Wildman–Crippen LogP) is 3.94. The molecule has 0 aliphatic heterocycles. The van der Waals surface area contributed by atoms with Crippen LogP contribution in [0.25, 0.3) is 11.3 Å². The Morgan fingerprint density at radius 2 is 2.04 bits per heavy atom. The van der Waals surface area contributed by atoms with Gasteiger partial charge in [0, 0.05) is 18.5 Å². The third-order valence-corrected chi connectivity index (χ3v) is 5.27. The molecule has 1 heterocycles. The number of amides is 2. The molecule has 0 spiro atoms. The third kappa shape index (κ3) is 6.03. The molecule has 2 rings (SSSR count). The van der Waals surface area contributed by atoms with Crippen LogP contribution in [0.15, 0.2) is 47.3 Å². The number of aromatic nitrogens is 1. The summed E-state index contributed by atoms with van der Waals surface area (Å²) in [7, 11) is 0. The molecule has 25 heavy (non-hydrogen) atoms. The van der Waals surface area contributed by atoms with Crippen LogP contribution in [-0.2, 0) is 9.59 Å². The summed E-state index contributed by atoms with van der Waals surface area (Å²) < 4.78 is 0.749. The molecule has 0 unspecified atom stereocenters. The van der Waals surface area contributed by atoms with E-state index in [0.717, 1.165) is 27.0 Å². The van der Waals surface area contributed by atoms with Crippen molar-refractivity contribution in [2.75, 3.05) is 17.6 Å². The largest absolute Gasteiger partial charge is 0.352 e. The standard InChI is InChI=1S/C18H21N3O2S2/c1-3-8-14(22)20-17-16(13-9-6-5-7-10-13)21-18(25-17)24-12-15(23)19-11-4-2/h4-7,9-10H,2-3,8,11-12H2,1H3,(H,19,23)(H,20,22). The van der Waals surface area contributed by atoms with Gasteiger partial charge in [-0.15, -0.1) is 6.58 Å². The molecule has 2 aromatic rings. The monoisotopic (exact) mass is 375 g/mol. The molecule has 0 aliphatic rings. The predicted molar refractivity (Wildman–Crippen MR) is 105 cm³/mol. The molecule has 0 saturated heterocycles. The van der Waals surface area contributed by atoms with Crippen molar-refractivity contribution in [2.45, 2.75) is 24.1 Å². The molecular formula is C18H21N3O2S2. The van der Waals surface area contributed by atoms with E-state index in [9.17, 15) is 9.59 Å². The lowest BCUT2D eigenvalue weighted by atomic mass is 10.2. The van der Waals surface area contributed by atoms with Gasteiger partial charge in [-0.2, -0.15) is 0 Å². The molecular weight excluding hydrogens is 354 g/mol. The molecule has 0 bridgehead atoms. The minimum Gasteiger partial charge on any atom is -0.352 e. The number of nitrogens with one attached hydrogen (secondary N) is 2. The fourth-order valence-corrected chi connectivity index (χ4v) is 3.93. The second-order valence-electron chi connectivity index (χ2n) is 5.20. The SMILES string of the molecule is C=CCNC(=O)CSc1nc(-c2ccccc2)c(NC(=O)CCC)s1. The van der Waals surface area contributed by atoms with Gasteiger partial charge in [0.15, 0.2) is 4.34 Å². The summed E-state index contributed by atoms with van der Waals surface area (Å²) in [6.07, 6.45) is 2.90. The molecule has 2 N–H and O–H groups in total. The zero-order valence-electron chi connectivity index (χ0n) is 14.1. The summed E-state index contributed by atoms with van der Waals surface area (Å²) in [5.41, 5.74) is 1.68. The van der Waals surface area contributed by atoms with Gasteiger partial charge in [-0.25, -0.2) is 4.98 Å². The molecule has 1 aromatic carbocycles. The number of thiazole rings is 1. The summed E-state index contributed by atoms with van der Waals surface area (Å²) in [5.74, 6) is 0.180. The average molecular weight is 376 g/mol. The number of benzene rings is 1. The summed E-state index contributed by atoms with van der Waals surface area (Å²) >= 11 is 2.75. The Labute approximate surface area is 155 Å². The number of carbonyl (C=O) groups excluding carboxylic acids is 2. The van der Waals surface area contributed by atoms with E-state index in [4.69, 9.17) is 0 Å². The molecule has 0 atom stereocenters. The van der Waals surface area contributed by atoms with E-state index in [1.165, 1.54) is 23.1 Å². The van der Waals surface area contributed by atoms with Crippen molar-refractivity contribution >= 4 is 39.9 Å². The van der Waals surface area contributed by atoms with Crippen LogP contribution in [0.2, 0.25) is 0 Å². The fraction of sp³-hybridized carbons (Fsp3) is 0.278. The number of nitrogens with zero attached hydrogens (tertiary/aromatic N) is 1. The van der Waals surface area contributed by atoms with Crippen LogP contribution in [0.3, 0.4) is 0 Å². The number of thioether (sulfide) groups is 1. The van der Waals surface area contributed by atoms with Gasteiger partial charge in [-0.05, 0) is 6.42 Å². The first kappa shape index (κ1) is 19.2. The van der Waals surface area contributed by atoms with Gasteiger partial charge >= 0.3 is 0 Å². The van der Waals surface area contributed by atoms with E-state index in [-0.39, 0.29) is 17.6 Å². The summed E-state index contributed by atoms with van der Waals surface area (Å²) in [5, 5.41) is 6.40. The van der Waals surface area contributed by atoms with E-state index in [1.54, 1.807) is 6.08 Å². The molecule has 7 heteroatoms. The number of rotatable bonds is 9. The second kappa shape index (κ2) is 10.0. The maximum atomic E-state index is 12.0. The Hall–Kier alpha value is -2.12. The van der Waals surface area contributed by atoms with Gasteiger partial charge in [0.1, 0.15) is 10.7 Å². The van der Waals surface area contributed by atoms with Crippen molar-refractivity contribution in [1.82, 2.24) is 10.3 Å². The molecule has 0 radical (unpaired) electrons. The Balaban J connectivity index is 2.16. The van der Waals surface area contributed by atoms with E-state index >= 15 is 0 Å². The van der Waals surface area contributed by atoms with E-state index in [0.29, 0.717) is 13.0 Å². The average Bonchev–Trinajstić information content (AvgIpc) is 3.01. The highest BCUT2D eigenvalue weighted by atomic mass is 32.2. The van der Waals surface area contributed by atoms with Crippen LogP contribution in [-0.4, -0.2) is 29.1 Å². The van der Waals surface area contributed by atoms with Gasteiger partial charge in [-0.3, -0.25) is 9.59 Å². The van der Waals surface area contributed by atoms with E-state index in [1.807, 2.05) is 37.3 Å². The van der Waals surface area contributed by atoms with Gasteiger partial charge in [-0.1, -0.05) is 66.4 Å². The summed E-state index contributed by atoms with van der Waals surface area (Å²) in [6.45, 7) is 5.99. The number of hydrogen-bond acceptors (Lipinski definition) is 5. The molecule has 0 fully saturated rings. The Morgan fingerprint density at radius 3 is 2.72 bits per heavy atom. The molecule has 2 amide bonds. The zero-order chi connectivity index (χ0) is 18.1. The Kier molecular flexibility index (Phi) is 7.69. The molecule has 0 saturated carbocycles. The minimum absolute atomic E-state index is 0.0244. The second-order valence-corrected chi connectivity index (χ2v) is 7.42. The first-order valence-electron chi connectivity index (χ1n) is 8.00. The fourth-order valence-electron chi connectivity index (χ4n) is 2.02. The van der Waals surface area contributed by atoms with Crippen LogP contribution in [0.4, 0.5) is 5.00 Å². The topological polar surface area (TPSA) is 71.1 Å². The van der Waals surface area contributed by atoms with E-state index in [2.05, 4.69) is 22.2 Å². The quantitative estimate of drug-likeness (QED) is 0.514. The number of hydrogen-bond donors (Lipinski definition) is 2. The van der Waals surface area contributed by atoms with Crippen LogP contribution < -0.4 is 10.6 Å².